The largest absolute Gasteiger partial charge is 0.393 e. The fourth-order valence-electron chi connectivity index (χ4n) is 4.98. The first-order valence-corrected chi connectivity index (χ1v) is 5.71. The molecule has 4 aliphatic rings. The first kappa shape index (κ1) is 7.05. The smallest absolute Gasteiger partial charge is 0.0574 e. The zero-order valence-electron chi connectivity index (χ0n) is 7.76. The van der Waals surface area contributed by atoms with Crippen molar-refractivity contribution in [2.45, 2.75) is 25.4 Å². The fraction of sp³-hybridized carbons (Fsp3) is 0.833. The van der Waals surface area contributed by atoms with Crippen molar-refractivity contribution >= 4 is 0 Å². The SMILES string of the molecule is O[C@@H]1C[C@H]2C[C@H]1[C@H]1[C@@H]2[C@H]2C=C[C@H]1C2. The molecule has 1 nitrogen and oxygen atoms in total. The molecule has 70 valence electrons. The number of hydrogen-bond donors (Lipinski definition) is 1. The Hall–Kier alpha value is -0.300. The van der Waals surface area contributed by atoms with Crippen LogP contribution in [0.15, 0.2) is 12.2 Å². The first-order valence-electron chi connectivity index (χ1n) is 5.71. The van der Waals surface area contributed by atoms with Crippen molar-refractivity contribution in [1.29, 1.82) is 0 Å². The van der Waals surface area contributed by atoms with E-state index in [1.54, 1.807) is 0 Å². The lowest BCUT2D eigenvalue weighted by molar-refractivity contribution is 0.0484. The molecule has 0 aromatic carbocycles. The standard InChI is InChI=1S/C12H16O/c13-10-5-8-4-9(10)12-7-2-1-6(3-7)11(8)12/h1-2,6-13H,3-5H2/t6-,7-,8+,9+,10+,11+,12-/m0/s1. The highest BCUT2D eigenvalue weighted by molar-refractivity contribution is 5.20. The molecule has 0 radical (unpaired) electrons. The maximum atomic E-state index is 9.87. The molecule has 4 bridgehead atoms. The minimum absolute atomic E-state index is 0.0546. The molecular weight excluding hydrogens is 160 g/mol. The molecule has 0 aliphatic heterocycles. The van der Waals surface area contributed by atoms with Gasteiger partial charge < -0.3 is 5.11 Å². The molecular formula is C12H16O. The number of aliphatic hydroxyl groups is 1. The van der Waals surface area contributed by atoms with E-state index >= 15 is 0 Å². The third-order valence-electron chi connectivity index (χ3n) is 5.24. The predicted octanol–water partition coefficient (Wildman–Crippen LogP) is 1.83. The Morgan fingerprint density at radius 1 is 0.923 bits per heavy atom. The number of fused-ring (bicyclic) bond motifs is 9. The van der Waals surface area contributed by atoms with Gasteiger partial charge in [0.05, 0.1) is 6.10 Å². The van der Waals surface area contributed by atoms with Crippen molar-refractivity contribution in [2.24, 2.45) is 35.5 Å². The summed E-state index contributed by atoms with van der Waals surface area (Å²) in [6.45, 7) is 0. The summed E-state index contributed by atoms with van der Waals surface area (Å²) in [4.78, 5) is 0. The average Bonchev–Trinajstić information content (AvgIpc) is 2.78. The van der Waals surface area contributed by atoms with E-state index in [1.165, 1.54) is 12.8 Å². The van der Waals surface area contributed by atoms with Crippen LogP contribution >= 0.6 is 0 Å². The second-order valence-corrected chi connectivity index (χ2v) is 5.57. The van der Waals surface area contributed by atoms with Gasteiger partial charge in [0, 0.05) is 0 Å². The summed E-state index contributed by atoms with van der Waals surface area (Å²) in [5.74, 6) is 5.16. The van der Waals surface area contributed by atoms with Gasteiger partial charge in [-0.25, -0.2) is 0 Å². The van der Waals surface area contributed by atoms with Gasteiger partial charge in [0.25, 0.3) is 0 Å². The van der Waals surface area contributed by atoms with Gasteiger partial charge in [-0.2, -0.15) is 0 Å². The van der Waals surface area contributed by atoms with Gasteiger partial charge in [0.1, 0.15) is 0 Å². The zero-order chi connectivity index (χ0) is 8.58. The summed E-state index contributed by atoms with van der Waals surface area (Å²) in [5.41, 5.74) is 0. The zero-order valence-corrected chi connectivity index (χ0v) is 7.76. The summed E-state index contributed by atoms with van der Waals surface area (Å²) in [7, 11) is 0. The number of aliphatic hydroxyl groups excluding tert-OH is 1. The minimum Gasteiger partial charge on any atom is -0.393 e. The average molecular weight is 176 g/mol. The molecule has 0 saturated heterocycles. The van der Waals surface area contributed by atoms with Gasteiger partial charge in [0.15, 0.2) is 0 Å². The van der Waals surface area contributed by atoms with E-state index in [2.05, 4.69) is 12.2 Å². The predicted molar refractivity (Wildman–Crippen MR) is 49.9 cm³/mol. The number of hydrogen-bond acceptors (Lipinski definition) is 1. The lowest BCUT2D eigenvalue weighted by atomic mass is 9.72. The topological polar surface area (TPSA) is 20.2 Å². The molecule has 4 rings (SSSR count). The van der Waals surface area contributed by atoms with E-state index in [9.17, 15) is 5.11 Å². The van der Waals surface area contributed by atoms with E-state index in [-0.39, 0.29) is 6.10 Å². The molecule has 0 aromatic rings. The normalized spacial score (nSPS) is 66.4. The second-order valence-electron chi connectivity index (χ2n) is 5.57. The monoisotopic (exact) mass is 176 g/mol. The summed E-state index contributed by atoms with van der Waals surface area (Å²) in [6, 6.07) is 0. The summed E-state index contributed by atoms with van der Waals surface area (Å²) >= 11 is 0. The van der Waals surface area contributed by atoms with Crippen LogP contribution in [0.5, 0.6) is 0 Å². The van der Waals surface area contributed by atoms with Crippen molar-refractivity contribution in [3.8, 4) is 0 Å². The lowest BCUT2D eigenvalue weighted by Crippen LogP contribution is -2.33. The van der Waals surface area contributed by atoms with Crippen molar-refractivity contribution in [2.75, 3.05) is 0 Å². The van der Waals surface area contributed by atoms with Gasteiger partial charge in [-0.1, -0.05) is 12.2 Å². The molecule has 0 unspecified atom stereocenters. The molecule has 1 N–H and O–H groups in total. The first-order chi connectivity index (χ1) is 6.34. The Balaban J connectivity index is 1.79. The van der Waals surface area contributed by atoms with Crippen molar-refractivity contribution in [3.05, 3.63) is 12.2 Å². The van der Waals surface area contributed by atoms with Gasteiger partial charge in [-0.15, -0.1) is 0 Å². The number of rotatable bonds is 0. The van der Waals surface area contributed by atoms with Gasteiger partial charge >= 0.3 is 0 Å². The van der Waals surface area contributed by atoms with E-state index in [1.807, 2.05) is 0 Å². The molecule has 7 atom stereocenters. The van der Waals surface area contributed by atoms with Crippen LogP contribution in [0, 0.1) is 35.5 Å². The molecule has 0 heterocycles. The molecule has 13 heavy (non-hydrogen) atoms. The van der Waals surface area contributed by atoms with Gasteiger partial charge in [-0.05, 0) is 54.8 Å². The van der Waals surface area contributed by atoms with E-state index in [4.69, 9.17) is 0 Å². The molecule has 1 heteroatoms. The highest BCUT2D eigenvalue weighted by Gasteiger charge is 2.60. The van der Waals surface area contributed by atoms with E-state index in [0.29, 0.717) is 5.92 Å². The van der Waals surface area contributed by atoms with Crippen LogP contribution in [-0.4, -0.2) is 11.2 Å². The van der Waals surface area contributed by atoms with Crippen LogP contribution in [0.25, 0.3) is 0 Å². The van der Waals surface area contributed by atoms with E-state index in [0.717, 1.165) is 36.0 Å². The maximum Gasteiger partial charge on any atom is 0.0574 e. The molecule has 0 aromatic heterocycles. The summed E-state index contributed by atoms with van der Waals surface area (Å²) in [6.07, 6.45) is 8.81. The van der Waals surface area contributed by atoms with Gasteiger partial charge in [0.2, 0.25) is 0 Å². The van der Waals surface area contributed by atoms with E-state index < -0.39 is 0 Å². The van der Waals surface area contributed by atoms with Crippen LogP contribution in [0.2, 0.25) is 0 Å². The third-order valence-corrected chi connectivity index (χ3v) is 5.24. The van der Waals surface area contributed by atoms with Crippen LogP contribution in [0.1, 0.15) is 19.3 Å². The fourth-order valence-corrected chi connectivity index (χ4v) is 4.98. The maximum absolute atomic E-state index is 9.87. The lowest BCUT2D eigenvalue weighted by Gasteiger charge is -2.34. The van der Waals surface area contributed by atoms with Crippen LogP contribution in [0.3, 0.4) is 0 Å². The van der Waals surface area contributed by atoms with Crippen LogP contribution in [0.4, 0.5) is 0 Å². The highest BCUT2D eigenvalue weighted by Crippen LogP contribution is 2.65. The quantitative estimate of drug-likeness (QED) is 0.441. The van der Waals surface area contributed by atoms with Crippen molar-refractivity contribution < 1.29 is 5.11 Å². The van der Waals surface area contributed by atoms with Gasteiger partial charge in [-0.3, -0.25) is 0 Å². The summed E-state index contributed by atoms with van der Waals surface area (Å²) in [5, 5.41) is 9.87. The Morgan fingerprint density at radius 2 is 1.69 bits per heavy atom. The molecule has 0 amide bonds. The molecule has 4 aliphatic carbocycles. The Labute approximate surface area is 78.8 Å². The Bertz CT molecular complexity index is 283. The highest BCUT2D eigenvalue weighted by atomic mass is 16.3. The van der Waals surface area contributed by atoms with Crippen LogP contribution in [-0.2, 0) is 0 Å². The van der Waals surface area contributed by atoms with Crippen molar-refractivity contribution in [1.82, 2.24) is 0 Å². The molecule has 0 spiro atoms. The molecule has 3 saturated carbocycles. The molecule has 3 fully saturated rings. The third kappa shape index (κ3) is 0.665. The van der Waals surface area contributed by atoms with Crippen molar-refractivity contribution in [3.63, 3.8) is 0 Å². The Kier molecular flexibility index (Phi) is 1.10. The van der Waals surface area contributed by atoms with Crippen LogP contribution < -0.4 is 0 Å². The number of allylic oxidation sites excluding steroid dienone is 2. The second kappa shape index (κ2) is 2.03. The Morgan fingerprint density at radius 3 is 2.54 bits per heavy atom. The summed E-state index contributed by atoms with van der Waals surface area (Å²) < 4.78 is 0. The minimum atomic E-state index is 0.0546.